The zero-order valence-corrected chi connectivity index (χ0v) is 19.0. The third-order valence-corrected chi connectivity index (χ3v) is 5.05. The molecule has 0 aliphatic heterocycles. The van der Waals surface area contributed by atoms with Crippen molar-refractivity contribution in [1.82, 2.24) is 4.98 Å². The molecule has 3 aromatic rings. The number of hydrogen-bond donors (Lipinski definition) is 0. The van der Waals surface area contributed by atoms with Gasteiger partial charge in [0.2, 0.25) is 0 Å². The van der Waals surface area contributed by atoms with Gasteiger partial charge >= 0.3 is 12.3 Å². The van der Waals surface area contributed by atoms with E-state index in [9.17, 15) is 26.7 Å². The van der Waals surface area contributed by atoms with E-state index in [1.54, 1.807) is 0 Å². The lowest BCUT2D eigenvalue weighted by molar-refractivity contribution is -0.274. The van der Waals surface area contributed by atoms with Crippen molar-refractivity contribution in [3.63, 3.8) is 0 Å². The molecule has 8 nitrogen and oxygen atoms in total. The van der Waals surface area contributed by atoms with Crippen LogP contribution >= 0.6 is 0 Å². The molecule has 0 aliphatic carbocycles. The summed E-state index contributed by atoms with van der Waals surface area (Å²) < 4.78 is 76.2. The molecular formula is C23H16F3N2O6S-. The number of hydrogen-bond acceptors (Lipinski definition) is 7. The molecule has 182 valence electrons. The van der Waals surface area contributed by atoms with Crippen LogP contribution in [-0.4, -0.2) is 40.3 Å². The zero-order chi connectivity index (χ0) is 25.6. The number of nitrogens with zero attached hydrogens (tertiary/aromatic N) is 2. The third kappa shape index (κ3) is 6.72. The van der Waals surface area contributed by atoms with Crippen molar-refractivity contribution < 1.29 is 40.9 Å². The van der Waals surface area contributed by atoms with Gasteiger partial charge in [-0.25, -0.2) is 4.79 Å². The van der Waals surface area contributed by atoms with Crippen LogP contribution in [0.4, 0.5) is 24.5 Å². The Balaban J connectivity index is 1.95. The van der Waals surface area contributed by atoms with Crippen molar-refractivity contribution in [2.24, 2.45) is 0 Å². The largest absolute Gasteiger partial charge is 0.755 e. The molecule has 1 aromatic heterocycles. The van der Waals surface area contributed by atoms with Crippen LogP contribution < -0.4 is 13.8 Å². The van der Waals surface area contributed by atoms with E-state index in [1.807, 2.05) is 0 Å². The van der Waals surface area contributed by atoms with Gasteiger partial charge in [-0.3, -0.25) is 13.5 Å². The van der Waals surface area contributed by atoms with Gasteiger partial charge < -0.3 is 18.8 Å². The first-order valence-electron chi connectivity index (χ1n) is 9.60. The summed E-state index contributed by atoms with van der Waals surface area (Å²) in [6.07, 6.45) is -2.21. The fourth-order valence-electron chi connectivity index (χ4n) is 2.92. The monoisotopic (exact) mass is 505 g/mol. The van der Waals surface area contributed by atoms with Gasteiger partial charge in [0, 0.05) is 17.3 Å². The smallest absolute Gasteiger partial charge is 0.573 e. The normalized spacial score (nSPS) is 11.6. The highest BCUT2D eigenvalue weighted by Gasteiger charge is 2.31. The van der Waals surface area contributed by atoms with E-state index in [4.69, 9.17) is 4.74 Å². The van der Waals surface area contributed by atoms with Crippen molar-refractivity contribution in [3.8, 4) is 23.3 Å². The average Bonchev–Trinajstić information content (AvgIpc) is 2.82. The first-order valence-corrected chi connectivity index (χ1v) is 10.6. The summed E-state index contributed by atoms with van der Waals surface area (Å²) in [5, 5.41) is 0. The first-order chi connectivity index (χ1) is 16.6. The van der Waals surface area contributed by atoms with E-state index < -0.39 is 29.3 Å². The quantitative estimate of drug-likeness (QED) is 0.282. The number of alkyl halides is 3. The number of pyridine rings is 1. The van der Waals surface area contributed by atoms with E-state index in [2.05, 4.69) is 26.3 Å². The molecule has 1 unspecified atom stereocenters. The van der Waals surface area contributed by atoms with E-state index in [0.717, 1.165) is 16.4 Å². The van der Waals surface area contributed by atoms with Crippen molar-refractivity contribution in [3.05, 3.63) is 77.6 Å². The second-order valence-electron chi connectivity index (χ2n) is 6.65. The number of aromatic nitrogens is 1. The number of carbonyl (C=O) groups excluding carboxylic acids is 1. The average molecular weight is 505 g/mol. The van der Waals surface area contributed by atoms with Crippen LogP contribution in [0.15, 0.2) is 60.9 Å². The molecule has 0 N–H and O–H groups in total. The zero-order valence-electron chi connectivity index (χ0n) is 18.2. The molecule has 35 heavy (non-hydrogen) atoms. The molecule has 0 saturated heterocycles. The standard InChI is InChI=1S/C23H17F3N2O6S/c1-32-21-12-17(22(29)33-2)8-9-20(21)28(35(30)31)18-10-16(13-27-14-18)7-6-15-4-3-5-19(11-15)34-23(24,25)26/h3-5,8-14H,1-2H3,(H,30,31)/p-1. The van der Waals surface area contributed by atoms with Crippen LogP contribution in [0.3, 0.4) is 0 Å². The summed E-state index contributed by atoms with van der Waals surface area (Å²) in [4.78, 5) is 15.8. The predicted molar refractivity (Wildman–Crippen MR) is 119 cm³/mol. The lowest BCUT2D eigenvalue weighted by Gasteiger charge is -2.27. The number of ether oxygens (including phenoxy) is 3. The molecular weight excluding hydrogens is 489 g/mol. The van der Waals surface area contributed by atoms with Crippen molar-refractivity contribution >= 4 is 28.6 Å². The Bertz CT molecular complexity index is 1320. The molecule has 0 spiro atoms. The highest BCUT2D eigenvalue weighted by molar-refractivity contribution is 7.81. The summed E-state index contributed by atoms with van der Waals surface area (Å²) in [6, 6.07) is 10.6. The minimum atomic E-state index is -4.84. The van der Waals surface area contributed by atoms with Gasteiger partial charge in [-0.2, -0.15) is 0 Å². The van der Waals surface area contributed by atoms with Crippen LogP contribution in [0.2, 0.25) is 0 Å². The van der Waals surface area contributed by atoms with Crippen molar-refractivity contribution in [2.45, 2.75) is 6.36 Å². The van der Waals surface area contributed by atoms with E-state index in [-0.39, 0.29) is 33.8 Å². The van der Waals surface area contributed by atoms with Gasteiger partial charge in [-0.1, -0.05) is 17.9 Å². The number of methoxy groups -OCH3 is 2. The molecule has 0 fully saturated rings. The van der Waals surface area contributed by atoms with Gasteiger partial charge in [0.15, 0.2) is 0 Å². The minimum absolute atomic E-state index is 0.0788. The first kappa shape index (κ1) is 25.5. The maximum atomic E-state index is 12.4. The molecule has 0 radical (unpaired) electrons. The Morgan fingerprint density at radius 3 is 2.46 bits per heavy atom. The van der Waals surface area contributed by atoms with E-state index in [1.165, 1.54) is 63.0 Å². The van der Waals surface area contributed by atoms with Crippen LogP contribution in [0.25, 0.3) is 0 Å². The maximum Gasteiger partial charge on any atom is 0.573 e. The van der Waals surface area contributed by atoms with Crippen LogP contribution in [0.5, 0.6) is 11.5 Å². The van der Waals surface area contributed by atoms with Gasteiger partial charge in [0.1, 0.15) is 11.5 Å². The predicted octanol–water partition coefficient (Wildman–Crippen LogP) is 4.11. The molecule has 0 aliphatic rings. The Hall–Kier alpha value is -4.08. The van der Waals surface area contributed by atoms with Crippen LogP contribution in [-0.2, 0) is 16.0 Å². The van der Waals surface area contributed by atoms with Crippen LogP contribution in [0.1, 0.15) is 21.5 Å². The molecule has 0 bridgehead atoms. The number of benzene rings is 2. The lowest BCUT2D eigenvalue weighted by atomic mass is 10.1. The third-order valence-electron chi connectivity index (χ3n) is 4.35. The number of rotatable bonds is 6. The minimum Gasteiger partial charge on any atom is -0.755 e. The van der Waals surface area contributed by atoms with Gasteiger partial charge in [-0.15, -0.1) is 13.2 Å². The van der Waals surface area contributed by atoms with Gasteiger partial charge in [0.05, 0.1) is 48.6 Å². The number of esters is 1. The lowest BCUT2D eigenvalue weighted by Crippen LogP contribution is -2.20. The van der Waals surface area contributed by atoms with Gasteiger partial charge in [-0.05, 0) is 42.5 Å². The number of anilines is 2. The Morgan fingerprint density at radius 1 is 1.06 bits per heavy atom. The van der Waals surface area contributed by atoms with Crippen LogP contribution in [0, 0.1) is 11.8 Å². The summed E-state index contributed by atoms with van der Waals surface area (Å²) in [5.74, 6) is 4.44. The van der Waals surface area contributed by atoms with E-state index in [0.29, 0.717) is 0 Å². The van der Waals surface area contributed by atoms with Crippen molar-refractivity contribution in [1.29, 1.82) is 0 Å². The van der Waals surface area contributed by atoms with E-state index >= 15 is 0 Å². The fourth-order valence-corrected chi connectivity index (χ4v) is 3.50. The molecule has 0 amide bonds. The summed E-state index contributed by atoms with van der Waals surface area (Å²) in [7, 11) is 2.52. The highest BCUT2D eigenvalue weighted by Crippen LogP contribution is 2.35. The molecule has 1 heterocycles. The Labute approximate surface area is 200 Å². The molecule has 1 atom stereocenters. The Morgan fingerprint density at radius 2 is 1.80 bits per heavy atom. The fraction of sp³-hybridized carbons (Fsp3) is 0.130. The SMILES string of the molecule is COC(=O)c1ccc(N(c2cncc(C#Cc3cccc(OC(F)(F)F)c3)c2)S(=O)[O-])c(OC)c1. The molecule has 2 aromatic carbocycles. The number of halogens is 3. The second kappa shape index (κ2) is 10.9. The maximum absolute atomic E-state index is 12.4. The molecule has 12 heteroatoms. The van der Waals surface area contributed by atoms with Gasteiger partial charge in [0.25, 0.3) is 0 Å². The summed E-state index contributed by atoms with van der Waals surface area (Å²) in [5.41, 5.74) is 0.867. The number of carbonyl (C=O) groups is 1. The Kier molecular flexibility index (Phi) is 7.95. The van der Waals surface area contributed by atoms with Crippen molar-refractivity contribution in [2.75, 3.05) is 18.5 Å². The molecule has 0 saturated carbocycles. The summed E-state index contributed by atoms with van der Waals surface area (Å²) >= 11 is -2.82. The highest BCUT2D eigenvalue weighted by atomic mass is 32.2. The summed E-state index contributed by atoms with van der Waals surface area (Å²) in [6.45, 7) is 0. The topological polar surface area (TPSA) is 101 Å². The molecule has 3 rings (SSSR count). The second-order valence-corrected chi connectivity index (χ2v) is 7.45.